The van der Waals surface area contributed by atoms with Crippen molar-refractivity contribution < 1.29 is 10.0 Å². The highest BCUT2D eigenvalue weighted by Crippen LogP contribution is 2.29. The van der Waals surface area contributed by atoms with Crippen molar-refractivity contribution in [2.75, 3.05) is 13.1 Å². The maximum absolute atomic E-state index is 11.9. The molecule has 5 heteroatoms. The zero-order valence-corrected chi connectivity index (χ0v) is 9.85. The number of carbonyl (C=O) groups is 1. The Hall–Kier alpha value is -1.26. The van der Waals surface area contributed by atoms with Gasteiger partial charge in [-0.15, -0.1) is 0 Å². The van der Waals surface area contributed by atoms with Crippen LogP contribution in [-0.2, 0) is 4.79 Å². The zero-order chi connectivity index (χ0) is 12.0. The monoisotopic (exact) mass is 227 g/mol. The van der Waals surface area contributed by atoms with Crippen LogP contribution in [0.2, 0.25) is 0 Å². The lowest BCUT2D eigenvalue weighted by Gasteiger charge is -2.28. The molecule has 3 N–H and O–H groups in total. The summed E-state index contributed by atoms with van der Waals surface area (Å²) in [7, 11) is 0. The molecule has 0 aromatic rings. The quantitative estimate of drug-likeness (QED) is 0.309. The largest absolute Gasteiger partial charge is 0.409 e. The Balaban J connectivity index is 2.43. The predicted molar refractivity (Wildman–Crippen MR) is 62.2 cm³/mol. The summed E-state index contributed by atoms with van der Waals surface area (Å²) >= 11 is 0. The maximum Gasteiger partial charge on any atom is 0.223 e. The molecule has 16 heavy (non-hydrogen) atoms. The number of nitrogens with zero attached hydrogens (tertiary/aromatic N) is 2. The van der Waals surface area contributed by atoms with Gasteiger partial charge in [-0.05, 0) is 25.2 Å². The average molecular weight is 227 g/mol. The average Bonchev–Trinajstić information content (AvgIpc) is 2.22. The first-order chi connectivity index (χ1) is 7.67. The third kappa shape index (κ3) is 3.72. The first kappa shape index (κ1) is 12.8. The molecule has 1 fully saturated rings. The summed E-state index contributed by atoms with van der Waals surface area (Å²) < 4.78 is 0. The van der Waals surface area contributed by atoms with Crippen molar-refractivity contribution in [3.63, 3.8) is 0 Å². The van der Waals surface area contributed by atoms with Gasteiger partial charge in [-0.25, -0.2) is 0 Å². The number of oxime groups is 1. The predicted octanol–water partition coefficient (Wildman–Crippen LogP) is 1.16. The Bertz CT molecular complexity index is 262. The van der Waals surface area contributed by atoms with E-state index in [1.54, 1.807) is 4.90 Å². The summed E-state index contributed by atoms with van der Waals surface area (Å²) in [5.41, 5.74) is 5.43. The first-order valence-electron chi connectivity index (χ1n) is 5.91. The second-order valence-corrected chi connectivity index (χ2v) is 4.41. The lowest BCUT2D eigenvalue weighted by atomic mass is 9.82. The molecule has 1 aliphatic rings. The van der Waals surface area contributed by atoms with E-state index < -0.39 is 0 Å². The number of rotatable bonds is 6. The third-order valence-electron chi connectivity index (χ3n) is 3.02. The molecule has 1 amide bonds. The fraction of sp³-hybridized carbons (Fsp3) is 0.818. The fourth-order valence-electron chi connectivity index (χ4n) is 1.86. The Morgan fingerprint density at radius 3 is 2.69 bits per heavy atom. The number of hydrogen-bond acceptors (Lipinski definition) is 3. The van der Waals surface area contributed by atoms with E-state index in [4.69, 9.17) is 10.9 Å². The molecular formula is C11H21N3O2. The number of carbonyl (C=O) groups excluding carboxylic acids is 1. The van der Waals surface area contributed by atoms with E-state index in [9.17, 15) is 4.79 Å². The zero-order valence-electron chi connectivity index (χ0n) is 9.85. The third-order valence-corrected chi connectivity index (χ3v) is 3.02. The van der Waals surface area contributed by atoms with Crippen LogP contribution in [-0.4, -0.2) is 34.9 Å². The van der Waals surface area contributed by atoms with Crippen molar-refractivity contribution in [3.8, 4) is 0 Å². The van der Waals surface area contributed by atoms with Gasteiger partial charge >= 0.3 is 0 Å². The van der Waals surface area contributed by atoms with E-state index in [0.29, 0.717) is 18.9 Å². The van der Waals surface area contributed by atoms with Crippen molar-refractivity contribution in [1.82, 2.24) is 4.90 Å². The van der Waals surface area contributed by atoms with Crippen LogP contribution in [0.1, 0.15) is 39.0 Å². The van der Waals surface area contributed by atoms with Crippen molar-refractivity contribution in [2.45, 2.75) is 39.0 Å². The SMILES string of the molecule is CCCN(CC(N)=NO)C(=O)CC1CCC1. The van der Waals surface area contributed by atoms with E-state index in [1.807, 2.05) is 6.92 Å². The Labute approximate surface area is 96.3 Å². The molecule has 0 heterocycles. The standard InChI is InChI=1S/C11H21N3O2/c1-2-6-14(8-10(12)13-16)11(15)7-9-4-3-5-9/h9,16H,2-8H2,1H3,(H2,12,13). The molecule has 1 aliphatic carbocycles. The summed E-state index contributed by atoms with van der Waals surface area (Å²) in [4.78, 5) is 13.6. The van der Waals surface area contributed by atoms with Crippen molar-refractivity contribution in [1.29, 1.82) is 0 Å². The van der Waals surface area contributed by atoms with Gasteiger partial charge in [0.05, 0.1) is 6.54 Å². The van der Waals surface area contributed by atoms with Gasteiger partial charge in [0.25, 0.3) is 0 Å². The van der Waals surface area contributed by atoms with Crippen LogP contribution in [0.25, 0.3) is 0 Å². The molecule has 92 valence electrons. The molecule has 0 aliphatic heterocycles. The lowest BCUT2D eigenvalue weighted by molar-refractivity contribution is -0.132. The van der Waals surface area contributed by atoms with Crippen LogP contribution in [0.4, 0.5) is 0 Å². The van der Waals surface area contributed by atoms with E-state index in [2.05, 4.69) is 5.16 Å². The highest BCUT2D eigenvalue weighted by molar-refractivity contribution is 5.87. The molecule has 0 atom stereocenters. The van der Waals surface area contributed by atoms with E-state index in [1.165, 1.54) is 6.42 Å². The number of nitrogens with two attached hydrogens (primary N) is 1. The second kappa shape index (κ2) is 6.35. The molecular weight excluding hydrogens is 206 g/mol. The van der Waals surface area contributed by atoms with Gasteiger partial charge in [-0.2, -0.15) is 0 Å². The minimum atomic E-state index is 0.0930. The molecule has 0 aromatic heterocycles. The molecule has 0 aromatic carbocycles. The van der Waals surface area contributed by atoms with E-state index in [-0.39, 0.29) is 18.3 Å². The highest BCUT2D eigenvalue weighted by Gasteiger charge is 2.23. The van der Waals surface area contributed by atoms with Gasteiger partial charge < -0.3 is 15.8 Å². The molecule has 0 spiro atoms. The molecule has 5 nitrogen and oxygen atoms in total. The van der Waals surface area contributed by atoms with E-state index in [0.717, 1.165) is 19.3 Å². The van der Waals surface area contributed by atoms with Crippen molar-refractivity contribution in [3.05, 3.63) is 0 Å². The molecule has 1 saturated carbocycles. The Morgan fingerprint density at radius 1 is 1.56 bits per heavy atom. The Morgan fingerprint density at radius 2 is 2.25 bits per heavy atom. The second-order valence-electron chi connectivity index (χ2n) is 4.41. The smallest absolute Gasteiger partial charge is 0.223 e. The number of amidine groups is 1. The summed E-state index contributed by atoms with van der Waals surface area (Å²) in [5.74, 6) is 0.771. The molecule has 0 saturated heterocycles. The topological polar surface area (TPSA) is 78.9 Å². The summed E-state index contributed by atoms with van der Waals surface area (Å²) in [6.07, 6.45) is 5.06. The Kier molecular flexibility index (Phi) is 5.08. The van der Waals surface area contributed by atoms with Crippen molar-refractivity contribution >= 4 is 11.7 Å². The molecule has 1 rings (SSSR count). The number of hydrogen-bond donors (Lipinski definition) is 2. The van der Waals surface area contributed by atoms with E-state index >= 15 is 0 Å². The number of amides is 1. The lowest BCUT2D eigenvalue weighted by Crippen LogP contribution is -2.40. The van der Waals surface area contributed by atoms with Crippen LogP contribution < -0.4 is 5.73 Å². The van der Waals surface area contributed by atoms with Crippen LogP contribution in [0, 0.1) is 5.92 Å². The van der Waals surface area contributed by atoms with Crippen LogP contribution in [0.5, 0.6) is 0 Å². The summed E-state index contributed by atoms with van der Waals surface area (Å²) in [5, 5.41) is 11.4. The van der Waals surface area contributed by atoms with Gasteiger partial charge in [-0.1, -0.05) is 18.5 Å². The van der Waals surface area contributed by atoms with Gasteiger partial charge in [0.2, 0.25) is 5.91 Å². The van der Waals surface area contributed by atoms with Gasteiger partial charge in [-0.3, -0.25) is 4.79 Å². The molecule has 0 bridgehead atoms. The summed E-state index contributed by atoms with van der Waals surface area (Å²) in [6, 6.07) is 0. The minimum absolute atomic E-state index is 0.0930. The van der Waals surface area contributed by atoms with Crippen LogP contribution >= 0.6 is 0 Å². The molecule has 0 unspecified atom stereocenters. The van der Waals surface area contributed by atoms with Gasteiger partial charge in [0.15, 0.2) is 5.84 Å². The first-order valence-corrected chi connectivity index (χ1v) is 5.91. The normalized spacial score (nSPS) is 16.9. The van der Waals surface area contributed by atoms with Gasteiger partial charge in [0, 0.05) is 13.0 Å². The van der Waals surface area contributed by atoms with Crippen LogP contribution in [0.3, 0.4) is 0 Å². The van der Waals surface area contributed by atoms with Crippen LogP contribution in [0.15, 0.2) is 5.16 Å². The summed E-state index contributed by atoms with van der Waals surface area (Å²) in [6.45, 7) is 2.91. The van der Waals surface area contributed by atoms with Gasteiger partial charge in [0.1, 0.15) is 0 Å². The van der Waals surface area contributed by atoms with Crippen molar-refractivity contribution in [2.24, 2.45) is 16.8 Å². The minimum Gasteiger partial charge on any atom is -0.409 e. The fourth-order valence-corrected chi connectivity index (χ4v) is 1.86. The highest BCUT2D eigenvalue weighted by atomic mass is 16.4. The molecule has 0 radical (unpaired) electrons. The maximum atomic E-state index is 11.9.